The maximum atomic E-state index is 11.9. The Labute approximate surface area is 121 Å². The Balaban J connectivity index is 2.98. The zero-order chi connectivity index (χ0) is 15.2. The molecule has 0 heterocycles. The summed E-state index contributed by atoms with van der Waals surface area (Å²) in [5.41, 5.74) is -0.283. The Morgan fingerprint density at radius 3 is 2.45 bits per heavy atom. The van der Waals surface area contributed by atoms with E-state index in [1.807, 2.05) is 37.4 Å². The number of nitrogens with zero attached hydrogens (tertiary/aromatic N) is 1. The monoisotopic (exact) mass is 278 g/mol. The molecule has 0 spiro atoms. The van der Waals surface area contributed by atoms with Crippen molar-refractivity contribution in [1.82, 2.24) is 10.2 Å². The van der Waals surface area contributed by atoms with Crippen molar-refractivity contribution < 1.29 is 9.90 Å². The number of carboxylic acids is 1. The molecule has 2 unspecified atom stereocenters. The molecule has 0 aliphatic heterocycles. The standard InChI is InChI=1S/C16H26N2O2/c1-5-13(2)11-18(4)12-16(17-3,15(19)20)14-9-7-6-8-10-14/h6-10,13,17H,5,11-12H2,1-4H3,(H,19,20). The van der Waals surface area contributed by atoms with Crippen molar-refractivity contribution in [2.24, 2.45) is 5.92 Å². The van der Waals surface area contributed by atoms with E-state index in [1.54, 1.807) is 7.05 Å². The molecule has 0 fully saturated rings. The van der Waals surface area contributed by atoms with Crippen molar-refractivity contribution in [3.63, 3.8) is 0 Å². The highest BCUT2D eigenvalue weighted by atomic mass is 16.4. The summed E-state index contributed by atoms with van der Waals surface area (Å²) >= 11 is 0. The Morgan fingerprint density at radius 2 is 2.00 bits per heavy atom. The van der Waals surface area contributed by atoms with Crippen LogP contribution in [-0.4, -0.2) is 43.2 Å². The first-order valence-corrected chi connectivity index (χ1v) is 7.12. The summed E-state index contributed by atoms with van der Waals surface area (Å²) in [6, 6.07) is 9.37. The third kappa shape index (κ3) is 3.81. The van der Waals surface area contributed by atoms with Crippen LogP contribution in [0.1, 0.15) is 25.8 Å². The fourth-order valence-corrected chi connectivity index (χ4v) is 2.47. The van der Waals surface area contributed by atoms with Gasteiger partial charge in [-0.3, -0.25) is 0 Å². The van der Waals surface area contributed by atoms with E-state index in [1.165, 1.54) is 0 Å². The summed E-state index contributed by atoms with van der Waals surface area (Å²) in [5, 5.41) is 12.7. The molecule has 20 heavy (non-hydrogen) atoms. The second-order valence-corrected chi connectivity index (χ2v) is 5.54. The largest absolute Gasteiger partial charge is 0.480 e. The second kappa shape index (κ2) is 7.41. The van der Waals surface area contributed by atoms with Gasteiger partial charge in [-0.15, -0.1) is 0 Å². The number of rotatable bonds is 8. The lowest BCUT2D eigenvalue weighted by molar-refractivity contribution is -0.146. The molecule has 1 aromatic rings. The minimum absolute atomic E-state index is 0.438. The maximum Gasteiger partial charge on any atom is 0.329 e. The van der Waals surface area contributed by atoms with Crippen LogP contribution in [0.3, 0.4) is 0 Å². The van der Waals surface area contributed by atoms with Crippen molar-refractivity contribution in [3.8, 4) is 0 Å². The molecule has 2 atom stereocenters. The van der Waals surface area contributed by atoms with Crippen LogP contribution in [-0.2, 0) is 10.3 Å². The van der Waals surface area contributed by atoms with Gasteiger partial charge in [-0.1, -0.05) is 50.6 Å². The summed E-state index contributed by atoms with van der Waals surface area (Å²) in [7, 11) is 3.68. The van der Waals surface area contributed by atoms with Crippen molar-refractivity contribution in [2.45, 2.75) is 25.8 Å². The molecular weight excluding hydrogens is 252 g/mol. The molecule has 0 saturated carbocycles. The lowest BCUT2D eigenvalue weighted by Gasteiger charge is -2.34. The lowest BCUT2D eigenvalue weighted by Crippen LogP contribution is -2.55. The van der Waals surface area contributed by atoms with Gasteiger partial charge in [0.1, 0.15) is 0 Å². The molecule has 0 aliphatic rings. The second-order valence-electron chi connectivity index (χ2n) is 5.54. The van der Waals surface area contributed by atoms with Crippen molar-refractivity contribution >= 4 is 5.97 Å². The zero-order valence-corrected chi connectivity index (χ0v) is 12.9. The van der Waals surface area contributed by atoms with Gasteiger partial charge < -0.3 is 15.3 Å². The van der Waals surface area contributed by atoms with Crippen molar-refractivity contribution in [3.05, 3.63) is 35.9 Å². The van der Waals surface area contributed by atoms with Crippen molar-refractivity contribution in [2.75, 3.05) is 27.2 Å². The highest BCUT2D eigenvalue weighted by Crippen LogP contribution is 2.23. The minimum Gasteiger partial charge on any atom is -0.480 e. The summed E-state index contributed by atoms with van der Waals surface area (Å²) < 4.78 is 0. The Kier molecular flexibility index (Phi) is 6.17. The average molecular weight is 278 g/mol. The number of carboxylic acid groups (broad SMARTS) is 1. The Bertz CT molecular complexity index is 422. The third-order valence-corrected chi connectivity index (χ3v) is 3.89. The van der Waals surface area contributed by atoms with E-state index >= 15 is 0 Å². The van der Waals surface area contributed by atoms with E-state index < -0.39 is 11.5 Å². The number of hydrogen-bond acceptors (Lipinski definition) is 3. The topological polar surface area (TPSA) is 52.6 Å². The predicted molar refractivity (Wildman–Crippen MR) is 81.8 cm³/mol. The molecule has 0 bridgehead atoms. The number of benzene rings is 1. The van der Waals surface area contributed by atoms with Gasteiger partial charge in [0.25, 0.3) is 0 Å². The quantitative estimate of drug-likeness (QED) is 0.765. The molecule has 0 saturated heterocycles. The van der Waals surface area contributed by atoms with Crippen LogP contribution in [0.25, 0.3) is 0 Å². The van der Waals surface area contributed by atoms with Crippen LogP contribution in [0.15, 0.2) is 30.3 Å². The lowest BCUT2D eigenvalue weighted by atomic mass is 9.89. The Morgan fingerprint density at radius 1 is 1.40 bits per heavy atom. The van der Waals surface area contributed by atoms with Gasteiger partial charge in [0.15, 0.2) is 5.54 Å². The first-order chi connectivity index (χ1) is 9.46. The van der Waals surface area contributed by atoms with Crippen LogP contribution in [0.2, 0.25) is 0 Å². The average Bonchev–Trinajstić information content (AvgIpc) is 2.45. The fourth-order valence-electron chi connectivity index (χ4n) is 2.47. The molecule has 0 aliphatic carbocycles. The molecule has 112 valence electrons. The first-order valence-electron chi connectivity index (χ1n) is 7.12. The van der Waals surface area contributed by atoms with Gasteiger partial charge in [0.2, 0.25) is 0 Å². The molecule has 0 aromatic heterocycles. The smallest absolute Gasteiger partial charge is 0.329 e. The molecule has 4 heteroatoms. The van der Waals surface area contributed by atoms with E-state index in [-0.39, 0.29) is 0 Å². The van der Waals surface area contributed by atoms with Crippen LogP contribution >= 0.6 is 0 Å². The van der Waals surface area contributed by atoms with Gasteiger partial charge in [0, 0.05) is 13.1 Å². The molecule has 2 N–H and O–H groups in total. The van der Waals surface area contributed by atoms with Crippen LogP contribution in [0.4, 0.5) is 0 Å². The van der Waals surface area contributed by atoms with Crippen LogP contribution < -0.4 is 5.32 Å². The predicted octanol–water partition coefficient (Wildman–Crippen LogP) is 2.16. The first kappa shape index (κ1) is 16.7. The molecule has 0 radical (unpaired) electrons. The van der Waals surface area contributed by atoms with Gasteiger partial charge in [-0.05, 0) is 25.6 Å². The number of carbonyl (C=O) groups is 1. The van der Waals surface area contributed by atoms with Gasteiger partial charge in [-0.2, -0.15) is 0 Å². The number of hydrogen-bond donors (Lipinski definition) is 2. The summed E-state index contributed by atoms with van der Waals surface area (Å²) in [4.78, 5) is 13.9. The SMILES string of the molecule is CCC(C)CN(C)CC(NC)(C(=O)O)c1ccccc1. The molecule has 0 amide bonds. The number of nitrogens with one attached hydrogen (secondary N) is 1. The molecule has 1 aromatic carbocycles. The summed E-state index contributed by atoms with van der Waals surface area (Å²) in [6.07, 6.45) is 1.09. The molecular formula is C16H26N2O2. The van der Waals surface area contributed by atoms with Gasteiger partial charge in [-0.25, -0.2) is 4.79 Å². The van der Waals surface area contributed by atoms with Gasteiger partial charge >= 0.3 is 5.97 Å². The van der Waals surface area contributed by atoms with Crippen LogP contribution in [0.5, 0.6) is 0 Å². The molecule has 4 nitrogen and oxygen atoms in total. The third-order valence-electron chi connectivity index (χ3n) is 3.89. The highest BCUT2D eigenvalue weighted by molar-refractivity contribution is 5.81. The van der Waals surface area contributed by atoms with E-state index in [4.69, 9.17) is 0 Å². The highest BCUT2D eigenvalue weighted by Gasteiger charge is 2.39. The Hall–Kier alpha value is -1.39. The van der Waals surface area contributed by atoms with E-state index in [0.717, 1.165) is 18.5 Å². The van der Waals surface area contributed by atoms with E-state index in [0.29, 0.717) is 12.5 Å². The number of likely N-dealkylation sites (N-methyl/N-ethyl adjacent to an activating group) is 2. The van der Waals surface area contributed by atoms with Crippen molar-refractivity contribution in [1.29, 1.82) is 0 Å². The minimum atomic E-state index is -1.07. The fraction of sp³-hybridized carbons (Fsp3) is 0.562. The van der Waals surface area contributed by atoms with E-state index in [2.05, 4.69) is 24.1 Å². The zero-order valence-electron chi connectivity index (χ0n) is 12.9. The van der Waals surface area contributed by atoms with Crippen LogP contribution in [0, 0.1) is 5.92 Å². The summed E-state index contributed by atoms with van der Waals surface area (Å²) in [6.45, 7) is 5.66. The van der Waals surface area contributed by atoms with Gasteiger partial charge in [0.05, 0.1) is 0 Å². The number of aliphatic carboxylic acids is 1. The molecule has 1 rings (SSSR count). The van der Waals surface area contributed by atoms with E-state index in [9.17, 15) is 9.90 Å². The summed E-state index contributed by atoms with van der Waals surface area (Å²) in [5.74, 6) is -0.290. The maximum absolute atomic E-state index is 11.9. The normalized spacial score (nSPS) is 15.8.